The number of likely N-dealkylation sites (N-methyl/N-ethyl adjacent to an activating group) is 1. The van der Waals surface area contributed by atoms with E-state index in [1.807, 2.05) is 7.05 Å². The van der Waals surface area contributed by atoms with Gasteiger partial charge in [0.05, 0.1) is 5.92 Å². The molecule has 0 fully saturated rings. The second-order valence-corrected chi connectivity index (χ2v) is 18.8. The van der Waals surface area contributed by atoms with Gasteiger partial charge in [0.2, 0.25) is 0 Å². The lowest BCUT2D eigenvalue weighted by molar-refractivity contribution is -0.153. The van der Waals surface area contributed by atoms with Crippen LogP contribution in [0.25, 0.3) is 0 Å². The van der Waals surface area contributed by atoms with Crippen LogP contribution >= 0.6 is 0 Å². The number of ether oxygens (including phenoxy) is 4. The molecule has 1 N–H and O–H groups in total. The third-order valence-corrected chi connectivity index (χ3v) is 12.2. The third-order valence-electron chi connectivity index (χ3n) is 12.2. The van der Waals surface area contributed by atoms with Gasteiger partial charge in [-0.2, -0.15) is 0 Å². The first-order chi connectivity index (χ1) is 33.2. The Kier molecular flexibility index (Phi) is 48.9. The number of alkyl carbamates (subject to hydrolysis) is 1. The average molecular weight is 957 g/mol. The smallest absolute Gasteiger partial charge is 0.407 e. The van der Waals surface area contributed by atoms with Gasteiger partial charge in [-0.1, -0.05) is 173 Å². The number of esters is 3. The summed E-state index contributed by atoms with van der Waals surface area (Å²) < 4.78 is 22.7. The van der Waals surface area contributed by atoms with E-state index in [0.717, 1.165) is 122 Å². The van der Waals surface area contributed by atoms with Crippen LogP contribution in [0.15, 0.2) is 48.6 Å². The third kappa shape index (κ3) is 47.7. The summed E-state index contributed by atoms with van der Waals surface area (Å²) in [4.78, 5) is 53.3. The number of carbonyl (C=O) groups is 4. The molecule has 1 amide bonds. The van der Waals surface area contributed by atoms with E-state index in [1.54, 1.807) is 0 Å². The molecule has 0 aliphatic heterocycles. The Morgan fingerprint density at radius 2 is 0.838 bits per heavy atom. The van der Waals surface area contributed by atoms with Crippen LogP contribution in [0.2, 0.25) is 0 Å². The van der Waals surface area contributed by atoms with E-state index in [-0.39, 0.29) is 38.2 Å². The Hall–Kier alpha value is -3.40. The van der Waals surface area contributed by atoms with E-state index in [4.69, 9.17) is 18.9 Å². The number of hydrogen-bond acceptors (Lipinski definition) is 9. The second kappa shape index (κ2) is 51.5. The minimum atomic E-state index is -0.483. The maximum Gasteiger partial charge on any atom is 0.407 e. The zero-order valence-electron chi connectivity index (χ0n) is 44.6. The zero-order valence-corrected chi connectivity index (χ0v) is 44.6. The maximum atomic E-state index is 13.1. The maximum absolute atomic E-state index is 13.1. The van der Waals surface area contributed by atoms with Gasteiger partial charge in [-0.15, -0.1) is 0 Å². The van der Waals surface area contributed by atoms with Crippen molar-refractivity contribution in [3.63, 3.8) is 0 Å². The van der Waals surface area contributed by atoms with Crippen molar-refractivity contribution in [3.05, 3.63) is 48.6 Å². The van der Waals surface area contributed by atoms with E-state index in [9.17, 15) is 19.2 Å². The summed E-state index contributed by atoms with van der Waals surface area (Å²) in [5.74, 6) is -1.50. The quantitative estimate of drug-likeness (QED) is 0.0275. The van der Waals surface area contributed by atoms with Crippen molar-refractivity contribution in [2.75, 3.05) is 46.5 Å². The van der Waals surface area contributed by atoms with Crippen LogP contribution < -0.4 is 5.32 Å². The highest BCUT2D eigenvalue weighted by Gasteiger charge is 2.20. The van der Waals surface area contributed by atoms with Crippen molar-refractivity contribution in [1.82, 2.24) is 10.2 Å². The summed E-state index contributed by atoms with van der Waals surface area (Å²) in [7, 11) is 2.00. The number of nitrogens with zero attached hydrogens (tertiary/aromatic N) is 1. The van der Waals surface area contributed by atoms with Crippen LogP contribution in [0.1, 0.15) is 240 Å². The molecule has 0 bridgehead atoms. The van der Waals surface area contributed by atoms with Crippen molar-refractivity contribution in [2.24, 2.45) is 5.92 Å². The molecule has 1 atom stereocenters. The van der Waals surface area contributed by atoms with E-state index >= 15 is 0 Å². The van der Waals surface area contributed by atoms with Gasteiger partial charge in [0, 0.05) is 32.4 Å². The summed E-state index contributed by atoms with van der Waals surface area (Å²) in [6.07, 6.45) is 50.1. The standard InChI is InChI=1S/C58H104N2O8/c1-6-10-13-16-19-21-23-25-27-29-31-33-35-38-41-44-55(61)65-50-53(51-66-56(62)45-42-39-36-34-32-30-28-26-24-22-20-17-14-11-7-2)52-67-57(63)47-46-54(43-40-37-18-15-12-8-3)68-58(64)59-48-49-60(5)9-4/h19-22,25-28,53-54H,6-18,23-24,29-52H2,1-5H3,(H,59,64)/b21-19-,22-20-,27-25-,28-26-. The summed E-state index contributed by atoms with van der Waals surface area (Å²) in [5, 5.41) is 2.84. The number of allylic oxidation sites excluding steroid dienone is 8. The van der Waals surface area contributed by atoms with Crippen molar-refractivity contribution in [3.8, 4) is 0 Å². The lowest BCUT2D eigenvalue weighted by Crippen LogP contribution is -2.35. The molecule has 0 aromatic carbocycles. The molecule has 0 aliphatic carbocycles. The molecule has 0 rings (SSSR count). The topological polar surface area (TPSA) is 120 Å². The number of nitrogens with one attached hydrogen (secondary N) is 1. The monoisotopic (exact) mass is 957 g/mol. The number of amides is 1. The predicted octanol–water partition coefficient (Wildman–Crippen LogP) is 15.4. The molecule has 0 aliphatic rings. The Morgan fingerprint density at radius 1 is 0.456 bits per heavy atom. The first-order valence-corrected chi connectivity index (χ1v) is 27.9. The molecule has 0 spiro atoms. The average Bonchev–Trinajstić information content (AvgIpc) is 3.33. The van der Waals surface area contributed by atoms with Gasteiger partial charge in [-0.05, 0) is 110 Å². The molecule has 10 nitrogen and oxygen atoms in total. The van der Waals surface area contributed by atoms with Crippen molar-refractivity contribution in [1.29, 1.82) is 0 Å². The largest absolute Gasteiger partial charge is 0.465 e. The number of unbranched alkanes of at least 4 members (excludes halogenated alkanes) is 21. The van der Waals surface area contributed by atoms with E-state index in [1.165, 1.54) is 70.6 Å². The molecule has 394 valence electrons. The van der Waals surface area contributed by atoms with Gasteiger partial charge < -0.3 is 29.2 Å². The minimum absolute atomic E-state index is 0.000503. The predicted molar refractivity (Wildman–Crippen MR) is 284 cm³/mol. The lowest BCUT2D eigenvalue weighted by Gasteiger charge is -2.20. The highest BCUT2D eigenvalue weighted by Crippen LogP contribution is 2.17. The molecule has 10 heteroatoms. The summed E-state index contributed by atoms with van der Waals surface area (Å²) in [6, 6.07) is 0. The summed E-state index contributed by atoms with van der Waals surface area (Å²) in [5.41, 5.74) is 0. The molecular weight excluding hydrogens is 853 g/mol. The van der Waals surface area contributed by atoms with E-state index in [2.05, 4.69) is 86.5 Å². The molecule has 0 aromatic heterocycles. The highest BCUT2D eigenvalue weighted by molar-refractivity contribution is 5.70. The minimum Gasteiger partial charge on any atom is -0.465 e. The van der Waals surface area contributed by atoms with E-state index < -0.39 is 24.1 Å². The fraction of sp³-hybridized carbons (Fsp3) is 0.793. The van der Waals surface area contributed by atoms with Gasteiger partial charge in [0.25, 0.3) is 0 Å². The normalized spacial score (nSPS) is 12.3. The fourth-order valence-corrected chi connectivity index (χ4v) is 7.55. The second-order valence-electron chi connectivity index (χ2n) is 18.8. The Morgan fingerprint density at radius 3 is 1.29 bits per heavy atom. The number of rotatable bonds is 49. The Labute approximate surface area is 417 Å². The van der Waals surface area contributed by atoms with Crippen LogP contribution in [0.3, 0.4) is 0 Å². The van der Waals surface area contributed by atoms with Crippen LogP contribution in [-0.4, -0.2) is 81.5 Å². The molecular formula is C58H104N2O8. The molecule has 0 saturated carbocycles. The number of carbonyl (C=O) groups excluding carboxylic acids is 4. The zero-order chi connectivity index (χ0) is 49.8. The fourth-order valence-electron chi connectivity index (χ4n) is 7.55. The van der Waals surface area contributed by atoms with Gasteiger partial charge >= 0.3 is 24.0 Å². The molecule has 1 unspecified atom stereocenters. The Bertz CT molecular complexity index is 1230. The van der Waals surface area contributed by atoms with Gasteiger partial charge in [0.1, 0.15) is 25.9 Å². The lowest BCUT2D eigenvalue weighted by atomic mass is 10.0. The molecule has 0 aromatic rings. The van der Waals surface area contributed by atoms with Crippen molar-refractivity contribution >= 4 is 24.0 Å². The Balaban J connectivity index is 4.94. The summed E-state index contributed by atoms with van der Waals surface area (Å²) >= 11 is 0. The molecule has 0 radical (unpaired) electrons. The number of hydrogen-bond donors (Lipinski definition) is 1. The first-order valence-electron chi connectivity index (χ1n) is 27.9. The highest BCUT2D eigenvalue weighted by atomic mass is 16.6. The van der Waals surface area contributed by atoms with Gasteiger partial charge in [-0.25, -0.2) is 4.79 Å². The van der Waals surface area contributed by atoms with E-state index in [0.29, 0.717) is 32.2 Å². The van der Waals surface area contributed by atoms with Gasteiger partial charge in [0.15, 0.2) is 0 Å². The van der Waals surface area contributed by atoms with Gasteiger partial charge in [-0.3, -0.25) is 14.4 Å². The molecule has 0 heterocycles. The van der Waals surface area contributed by atoms with Crippen LogP contribution in [0.5, 0.6) is 0 Å². The molecule has 0 saturated heterocycles. The summed E-state index contributed by atoms with van der Waals surface area (Å²) in [6.45, 7) is 10.8. The SMILES string of the molecule is CCCCC/C=C\C/C=C\CCCCCCCC(=O)OCC(COC(=O)CCCCCCC/C=C\C/C=C\CCCCC)COC(=O)CCC(CCCCCCCC)OC(=O)NCCN(C)CC. The first kappa shape index (κ1) is 64.6. The van der Waals surface area contributed by atoms with Crippen LogP contribution in [0.4, 0.5) is 4.79 Å². The molecule has 68 heavy (non-hydrogen) atoms. The van der Waals surface area contributed by atoms with Crippen molar-refractivity contribution < 1.29 is 38.1 Å². The van der Waals surface area contributed by atoms with Crippen LogP contribution in [0, 0.1) is 5.92 Å². The van der Waals surface area contributed by atoms with Crippen molar-refractivity contribution in [2.45, 2.75) is 246 Å². The van der Waals surface area contributed by atoms with Crippen LogP contribution in [-0.2, 0) is 33.3 Å².